The van der Waals surface area contributed by atoms with Gasteiger partial charge in [0, 0.05) is 10.0 Å². The van der Waals surface area contributed by atoms with Crippen molar-refractivity contribution in [2.45, 2.75) is 0 Å². The number of aldehydes is 1. The molecular weight excluding hydrogens is 294 g/mol. The summed E-state index contributed by atoms with van der Waals surface area (Å²) in [6.45, 7) is 0. The number of ether oxygens (including phenoxy) is 1. The summed E-state index contributed by atoms with van der Waals surface area (Å²) in [7, 11) is 0. The van der Waals surface area contributed by atoms with Gasteiger partial charge >= 0.3 is 0 Å². The summed E-state index contributed by atoms with van der Waals surface area (Å²) < 4.78 is 5.56. The van der Waals surface area contributed by atoms with E-state index in [4.69, 9.17) is 39.5 Å². The second-order valence-corrected chi connectivity index (χ2v) is 4.76. The largest absolute Gasteiger partial charge is 0.456 e. The standard InChI is InChI=1S/C13H7Cl3O2/c14-8-4-9(15)6-10(5-8)18-13-3-1-2-12(16)11(13)7-17/h1-7H. The lowest BCUT2D eigenvalue weighted by Crippen LogP contribution is -1.91. The van der Waals surface area contributed by atoms with E-state index in [1.807, 2.05) is 0 Å². The van der Waals surface area contributed by atoms with Gasteiger partial charge in [0.25, 0.3) is 0 Å². The second-order valence-electron chi connectivity index (χ2n) is 3.48. The molecule has 0 aliphatic heterocycles. The molecule has 0 saturated heterocycles. The molecule has 0 radical (unpaired) electrons. The van der Waals surface area contributed by atoms with Crippen LogP contribution in [0.1, 0.15) is 10.4 Å². The van der Waals surface area contributed by atoms with Gasteiger partial charge in [0.2, 0.25) is 0 Å². The van der Waals surface area contributed by atoms with Crippen LogP contribution in [0.5, 0.6) is 11.5 Å². The molecule has 0 aliphatic rings. The van der Waals surface area contributed by atoms with Crippen LogP contribution in [-0.2, 0) is 0 Å². The molecule has 5 heteroatoms. The third kappa shape index (κ3) is 2.96. The molecule has 0 spiro atoms. The second kappa shape index (κ2) is 5.61. The number of carbonyl (C=O) groups is 1. The van der Waals surface area contributed by atoms with E-state index in [0.717, 1.165) is 0 Å². The molecule has 92 valence electrons. The Morgan fingerprint density at radius 1 is 1.00 bits per heavy atom. The van der Waals surface area contributed by atoms with Crippen molar-refractivity contribution in [3.8, 4) is 11.5 Å². The lowest BCUT2D eigenvalue weighted by Gasteiger charge is -2.09. The first kappa shape index (κ1) is 13.2. The highest BCUT2D eigenvalue weighted by Crippen LogP contribution is 2.32. The van der Waals surface area contributed by atoms with Crippen molar-refractivity contribution in [3.05, 3.63) is 57.0 Å². The smallest absolute Gasteiger partial charge is 0.155 e. The van der Waals surface area contributed by atoms with Crippen molar-refractivity contribution in [3.63, 3.8) is 0 Å². The Morgan fingerprint density at radius 3 is 2.28 bits per heavy atom. The number of hydrogen-bond donors (Lipinski definition) is 0. The molecule has 2 rings (SSSR count). The van der Waals surface area contributed by atoms with Gasteiger partial charge in [0.05, 0.1) is 10.6 Å². The van der Waals surface area contributed by atoms with E-state index in [1.165, 1.54) is 0 Å². The Kier molecular flexibility index (Phi) is 4.12. The summed E-state index contributed by atoms with van der Waals surface area (Å²) in [6.07, 6.45) is 0.643. The van der Waals surface area contributed by atoms with Crippen LogP contribution in [0.4, 0.5) is 0 Å². The van der Waals surface area contributed by atoms with Gasteiger partial charge in [-0.2, -0.15) is 0 Å². The van der Waals surface area contributed by atoms with Gasteiger partial charge in [-0.1, -0.05) is 40.9 Å². The lowest BCUT2D eigenvalue weighted by molar-refractivity contribution is 0.112. The summed E-state index contributed by atoms with van der Waals surface area (Å²) in [5, 5.41) is 1.23. The minimum Gasteiger partial charge on any atom is -0.456 e. The summed E-state index contributed by atoms with van der Waals surface area (Å²) in [4.78, 5) is 11.0. The third-order valence-corrected chi connectivity index (χ3v) is 2.96. The highest BCUT2D eigenvalue weighted by Gasteiger charge is 2.09. The number of hydrogen-bond acceptors (Lipinski definition) is 2. The SMILES string of the molecule is O=Cc1c(Cl)cccc1Oc1cc(Cl)cc(Cl)c1. The van der Waals surface area contributed by atoms with Crippen molar-refractivity contribution in [2.75, 3.05) is 0 Å². The normalized spacial score (nSPS) is 10.2. The van der Waals surface area contributed by atoms with Crippen LogP contribution < -0.4 is 4.74 Å². The number of rotatable bonds is 3. The summed E-state index contributed by atoms with van der Waals surface area (Å²) in [5.74, 6) is 0.800. The molecule has 2 aromatic rings. The van der Waals surface area contributed by atoms with Gasteiger partial charge < -0.3 is 4.74 Å². The van der Waals surface area contributed by atoms with Crippen molar-refractivity contribution in [1.29, 1.82) is 0 Å². The summed E-state index contributed by atoms with van der Waals surface area (Å²) in [5.41, 5.74) is 0.287. The van der Waals surface area contributed by atoms with Crippen LogP contribution in [0, 0.1) is 0 Å². The molecular formula is C13H7Cl3O2. The molecule has 0 aromatic heterocycles. The van der Waals surface area contributed by atoms with Crippen LogP contribution >= 0.6 is 34.8 Å². The molecule has 0 unspecified atom stereocenters. The molecule has 0 N–H and O–H groups in total. The quantitative estimate of drug-likeness (QED) is 0.724. The van der Waals surface area contributed by atoms with Gasteiger partial charge in [-0.3, -0.25) is 4.79 Å². The van der Waals surface area contributed by atoms with E-state index in [0.29, 0.717) is 32.9 Å². The van der Waals surface area contributed by atoms with Crippen LogP contribution in [0.25, 0.3) is 0 Å². The Hall–Kier alpha value is -1.22. The van der Waals surface area contributed by atoms with Gasteiger partial charge in [-0.05, 0) is 30.3 Å². The van der Waals surface area contributed by atoms with E-state index in [-0.39, 0.29) is 5.56 Å². The zero-order valence-electron chi connectivity index (χ0n) is 8.99. The predicted molar refractivity (Wildman–Crippen MR) is 73.4 cm³/mol. The topological polar surface area (TPSA) is 26.3 Å². The van der Waals surface area contributed by atoms with E-state index in [9.17, 15) is 4.79 Å². The van der Waals surface area contributed by atoms with Crippen molar-refractivity contribution < 1.29 is 9.53 Å². The summed E-state index contributed by atoms with van der Waals surface area (Å²) >= 11 is 17.6. The molecule has 0 bridgehead atoms. The molecule has 0 saturated carbocycles. The summed E-state index contributed by atoms with van der Waals surface area (Å²) in [6, 6.07) is 9.74. The minimum atomic E-state index is 0.287. The third-order valence-electron chi connectivity index (χ3n) is 2.19. The number of carbonyl (C=O) groups excluding carboxylic acids is 1. The first-order chi connectivity index (χ1) is 8.60. The average molecular weight is 302 g/mol. The van der Waals surface area contributed by atoms with Crippen LogP contribution in [-0.4, -0.2) is 6.29 Å². The van der Waals surface area contributed by atoms with Crippen LogP contribution in [0.3, 0.4) is 0 Å². The van der Waals surface area contributed by atoms with Crippen molar-refractivity contribution >= 4 is 41.1 Å². The van der Waals surface area contributed by atoms with E-state index < -0.39 is 0 Å². The average Bonchev–Trinajstić information content (AvgIpc) is 2.27. The number of benzene rings is 2. The van der Waals surface area contributed by atoms with E-state index in [2.05, 4.69) is 0 Å². The zero-order valence-corrected chi connectivity index (χ0v) is 11.3. The van der Waals surface area contributed by atoms with Gasteiger partial charge in [0.1, 0.15) is 11.5 Å². The molecule has 0 heterocycles. The molecule has 0 fully saturated rings. The van der Waals surface area contributed by atoms with Crippen LogP contribution in [0.15, 0.2) is 36.4 Å². The Morgan fingerprint density at radius 2 is 1.67 bits per heavy atom. The molecule has 0 amide bonds. The van der Waals surface area contributed by atoms with Crippen molar-refractivity contribution in [2.24, 2.45) is 0 Å². The fourth-order valence-corrected chi connectivity index (χ4v) is 2.15. The predicted octanol–water partition coefficient (Wildman–Crippen LogP) is 5.25. The first-order valence-corrected chi connectivity index (χ1v) is 6.11. The van der Waals surface area contributed by atoms with E-state index >= 15 is 0 Å². The Bertz CT molecular complexity index is 577. The molecule has 0 atom stereocenters. The molecule has 2 nitrogen and oxygen atoms in total. The van der Waals surface area contributed by atoms with Crippen molar-refractivity contribution in [1.82, 2.24) is 0 Å². The highest BCUT2D eigenvalue weighted by atomic mass is 35.5. The minimum absolute atomic E-state index is 0.287. The van der Waals surface area contributed by atoms with Gasteiger partial charge in [-0.25, -0.2) is 0 Å². The van der Waals surface area contributed by atoms with Gasteiger partial charge in [0.15, 0.2) is 6.29 Å². The Labute approximate surface area is 119 Å². The maximum absolute atomic E-state index is 11.0. The van der Waals surface area contributed by atoms with Crippen LogP contribution in [0.2, 0.25) is 15.1 Å². The first-order valence-electron chi connectivity index (χ1n) is 4.98. The number of halogens is 3. The maximum atomic E-state index is 11.0. The van der Waals surface area contributed by atoms with Gasteiger partial charge in [-0.15, -0.1) is 0 Å². The molecule has 18 heavy (non-hydrogen) atoms. The molecule has 2 aromatic carbocycles. The fraction of sp³-hybridized carbons (Fsp3) is 0. The monoisotopic (exact) mass is 300 g/mol. The zero-order chi connectivity index (χ0) is 13.1. The lowest BCUT2D eigenvalue weighted by atomic mass is 10.2. The Balaban J connectivity index is 2.39. The fourth-order valence-electron chi connectivity index (χ4n) is 1.44. The highest BCUT2D eigenvalue weighted by molar-refractivity contribution is 6.35. The maximum Gasteiger partial charge on any atom is 0.155 e. The molecule has 0 aliphatic carbocycles. The van der Waals surface area contributed by atoms with E-state index in [1.54, 1.807) is 36.4 Å².